The van der Waals surface area contributed by atoms with Crippen LogP contribution in [0.3, 0.4) is 0 Å². The smallest absolute Gasteiger partial charge is 0.149 e. The first-order chi connectivity index (χ1) is 8.66. The fourth-order valence-corrected chi connectivity index (χ4v) is 1.82. The van der Waals surface area contributed by atoms with Crippen LogP contribution in [0.4, 0.5) is 15.9 Å². The number of nitrogens with one attached hydrogen (secondary N) is 1. The van der Waals surface area contributed by atoms with Crippen LogP contribution in [0, 0.1) is 12.7 Å². The number of rotatable bonds is 4. The molecule has 0 saturated carbocycles. The maximum Gasteiger partial charge on any atom is 0.149 e. The van der Waals surface area contributed by atoms with Gasteiger partial charge in [0.25, 0.3) is 0 Å². The molecule has 0 saturated heterocycles. The van der Waals surface area contributed by atoms with Gasteiger partial charge in [0, 0.05) is 12.7 Å². The molecule has 1 aromatic heterocycles. The van der Waals surface area contributed by atoms with Crippen LogP contribution >= 0.6 is 0 Å². The van der Waals surface area contributed by atoms with Gasteiger partial charge in [-0.1, -0.05) is 6.07 Å². The Morgan fingerprint density at radius 3 is 2.89 bits per heavy atom. The molecule has 3 N–H and O–H groups in total. The number of aryl methyl sites for hydroxylation is 1. The zero-order valence-electron chi connectivity index (χ0n) is 10.3. The lowest BCUT2D eigenvalue weighted by molar-refractivity contribution is 0.625. The molecule has 0 fully saturated rings. The van der Waals surface area contributed by atoms with Crippen molar-refractivity contribution in [2.75, 3.05) is 17.6 Å². The van der Waals surface area contributed by atoms with E-state index in [2.05, 4.69) is 10.3 Å². The molecule has 2 aromatic rings. The minimum Gasteiger partial charge on any atom is -0.396 e. The Morgan fingerprint density at radius 1 is 1.33 bits per heavy atom. The van der Waals surface area contributed by atoms with Crippen molar-refractivity contribution in [2.45, 2.75) is 13.3 Å². The van der Waals surface area contributed by atoms with E-state index in [0.29, 0.717) is 18.1 Å². The molecule has 18 heavy (non-hydrogen) atoms. The first-order valence-corrected chi connectivity index (χ1v) is 5.86. The summed E-state index contributed by atoms with van der Waals surface area (Å²) in [5.41, 5.74) is 8.50. The summed E-state index contributed by atoms with van der Waals surface area (Å²) in [5, 5.41) is 3.17. The van der Waals surface area contributed by atoms with Crippen molar-refractivity contribution in [3.63, 3.8) is 0 Å². The molecule has 1 heterocycles. The molecule has 4 heteroatoms. The molecule has 94 valence electrons. The summed E-state index contributed by atoms with van der Waals surface area (Å²) in [4.78, 5) is 4.15. The molecule has 1 aromatic carbocycles. The largest absolute Gasteiger partial charge is 0.396 e. The maximum absolute atomic E-state index is 12.9. The molecule has 0 unspecified atom stereocenters. The van der Waals surface area contributed by atoms with Crippen LogP contribution in [-0.2, 0) is 6.42 Å². The van der Waals surface area contributed by atoms with Gasteiger partial charge < -0.3 is 11.1 Å². The van der Waals surface area contributed by atoms with Crippen molar-refractivity contribution in [3.8, 4) is 0 Å². The minimum absolute atomic E-state index is 0.196. The Balaban J connectivity index is 1.95. The number of pyridine rings is 1. The van der Waals surface area contributed by atoms with Crippen molar-refractivity contribution >= 4 is 11.5 Å². The molecule has 0 aliphatic carbocycles. The molecule has 0 aliphatic heterocycles. The molecule has 0 spiro atoms. The quantitative estimate of drug-likeness (QED) is 0.870. The Kier molecular flexibility index (Phi) is 3.77. The molecule has 3 nitrogen and oxygen atoms in total. The monoisotopic (exact) mass is 245 g/mol. The lowest BCUT2D eigenvalue weighted by Gasteiger charge is -2.09. The van der Waals surface area contributed by atoms with E-state index in [1.165, 1.54) is 6.07 Å². The summed E-state index contributed by atoms with van der Waals surface area (Å²) in [6.45, 7) is 2.63. The second-order valence-electron chi connectivity index (χ2n) is 4.19. The summed E-state index contributed by atoms with van der Waals surface area (Å²) < 4.78 is 12.9. The van der Waals surface area contributed by atoms with Crippen LogP contribution in [-0.4, -0.2) is 11.5 Å². The number of hydrogen-bond donors (Lipinski definition) is 2. The number of benzene rings is 1. The summed E-state index contributed by atoms with van der Waals surface area (Å²) in [6.07, 6.45) is 2.50. The molecule has 0 atom stereocenters. The number of hydrogen-bond acceptors (Lipinski definition) is 3. The van der Waals surface area contributed by atoms with Gasteiger partial charge in [-0.3, -0.25) is 0 Å². The molecule has 2 rings (SSSR count). The van der Waals surface area contributed by atoms with E-state index in [9.17, 15) is 4.39 Å². The highest BCUT2D eigenvalue weighted by Gasteiger charge is 2.01. The summed E-state index contributed by atoms with van der Waals surface area (Å²) in [7, 11) is 0. The number of aromatic nitrogens is 1. The van der Waals surface area contributed by atoms with Crippen molar-refractivity contribution in [3.05, 3.63) is 53.5 Å². The van der Waals surface area contributed by atoms with Gasteiger partial charge in [0.15, 0.2) is 0 Å². The van der Waals surface area contributed by atoms with Gasteiger partial charge in [-0.15, -0.1) is 0 Å². The number of nitrogen functional groups attached to an aromatic ring is 1. The van der Waals surface area contributed by atoms with Crippen molar-refractivity contribution in [1.29, 1.82) is 0 Å². The highest BCUT2D eigenvalue weighted by molar-refractivity contribution is 5.60. The molecule has 0 amide bonds. The summed E-state index contributed by atoms with van der Waals surface area (Å²) in [5.74, 6) is 0.496. The van der Waals surface area contributed by atoms with E-state index in [1.54, 1.807) is 24.4 Å². The predicted octanol–water partition coefficient (Wildman–Crippen LogP) is 2.77. The first kappa shape index (κ1) is 12.4. The van der Waals surface area contributed by atoms with Crippen LogP contribution < -0.4 is 11.1 Å². The number of halogens is 1. The number of nitrogens with two attached hydrogens (primary N) is 1. The lowest BCUT2D eigenvalue weighted by Crippen LogP contribution is -2.09. The summed E-state index contributed by atoms with van der Waals surface area (Å²) >= 11 is 0. The summed E-state index contributed by atoms with van der Waals surface area (Å²) in [6, 6.07) is 8.44. The minimum atomic E-state index is -0.196. The van der Waals surface area contributed by atoms with Crippen LogP contribution in [0.25, 0.3) is 0 Å². The zero-order chi connectivity index (χ0) is 13.0. The average molecular weight is 245 g/mol. The first-order valence-electron chi connectivity index (χ1n) is 5.86. The van der Waals surface area contributed by atoms with Gasteiger partial charge in [0.1, 0.15) is 11.6 Å². The average Bonchev–Trinajstić information content (AvgIpc) is 2.34. The molecule has 0 radical (unpaired) electrons. The van der Waals surface area contributed by atoms with Crippen molar-refractivity contribution in [2.24, 2.45) is 0 Å². The van der Waals surface area contributed by atoms with Crippen LogP contribution in [0.15, 0.2) is 36.5 Å². The van der Waals surface area contributed by atoms with E-state index < -0.39 is 0 Å². The molecule has 0 aliphatic rings. The number of nitrogens with zero attached hydrogens (tertiary/aromatic N) is 1. The number of anilines is 2. The van der Waals surface area contributed by atoms with Gasteiger partial charge in [0.2, 0.25) is 0 Å². The second kappa shape index (κ2) is 5.49. The third-order valence-corrected chi connectivity index (χ3v) is 2.83. The van der Waals surface area contributed by atoms with Crippen LogP contribution in [0.1, 0.15) is 11.1 Å². The van der Waals surface area contributed by atoms with Gasteiger partial charge in [-0.2, -0.15) is 0 Å². The predicted molar refractivity (Wildman–Crippen MR) is 72.0 cm³/mol. The van der Waals surface area contributed by atoms with Crippen LogP contribution in [0.5, 0.6) is 0 Å². The topological polar surface area (TPSA) is 50.9 Å². The van der Waals surface area contributed by atoms with Gasteiger partial charge in [-0.25, -0.2) is 9.37 Å². The normalized spacial score (nSPS) is 10.3. The van der Waals surface area contributed by atoms with E-state index >= 15 is 0 Å². The van der Waals surface area contributed by atoms with E-state index in [1.807, 2.05) is 13.0 Å². The van der Waals surface area contributed by atoms with Gasteiger partial charge >= 0.3 is 0 Å². The van der Waals surface area contributed by atoms with E-state index in [0.717, 1.165) is 17.5 Å². The standard InChI is InChI=1S/C14H16FN3/c1-10-9-12(15)5-4-11(10)6-8-18-14-13(16)3-2-7-17-14/h2-5,7,9H,6,8,16H2,1H3,(H,17,18). The van der Waals surface area contributed by atoms with E-state index in [4.69, 9.17) is 5.73 Å². The Labute approximate surface area is 106 Å². The van der Waals surface area contributed by atoms with Crippen molar-refractivity contribution in [1.82, 2.24) is 4.98 Å². The van der Waals surface area contributed by atoms with Crippen molar-refractivity contribution < 1.29 is 4.39 Å². The molecular weight excluding hydrogens is 229 g/mol. The Hall–Kier alpha value is -2.10. The maximum atomic E-state index is 12.9. The fourth-order valence-electron chi connectivity index (χ4n) is 1.82. The Morgan fingerprint density at radius 2 is 2.17 bits per heavy atom. The Bertz CT molecular complexity index is 540. The van der Waals surface area contributed by atoms with E-state index in [-0.39, 0.29) is 5.82 Å². The highest BCUT2D eigenvalue weighted by Crippen LogP contribution is 2.14. The molecule has 0 bridgehead atoms. The third-order valence-electron chi connectivity index (χ3n) is 2.83. The third kappa shape index (κ3) is 2.97. The zero-order valence-corrected chi connectivity index (χ0v) is 10.3. The molecular formula is C14H16FN3. The SMILES string of the molecule is Cc1cc(F)ccc1CCNc1ncccc1N. The van der Waals surface area contributed by atoms with Gasteiger partial charge in [-0.05, 0) is 48.7 Å². The van der Waals surface area contributed by atoms with Crippen LogP contribution in [0.2, 0.25) is 0 Å². The van der Waals surface area contributed by atoms with Gasteiger partial charge in [0.05, 0.1) is 5.69 Å². The highest BCUT2D eigenvalue weighted by atomic mass is 19.1. The lowest BCUT2D eigenvalue weighted by atomic mass is 10.1. The fraction of sp³-hybridized carbons (Fsp3) is 0.214. The second-order valence-corrected chi connectivity index (χ2v) is 4.19.